The first-order chi connectivity index (χ1) is 16.9. The number of carbonyl (C=O) groups is 3. The normalized spacial score (nSPS) is 13.7. The summed E-state index contributed by atoms with van der Waals surface area (Å²) in [5, 5.41) is 13.3. The van der Waals surface area contributed by atoms with Gasteiger partial charge in [0.2, 0.25) is 5.91 Å². The van der Waals surface area contributed by atoms with Crippen LogP contribution >= 0.6 is 23.7 Å². The number of hydrogen-bond acceptors (Lipinski definition) is 7. The van der Waals surface area contributed by atoms with Crippen LogP contribution in [-0.2, 0) is 20.1 Å². The summed E-state index contributed by atoms with van der Waals surface area (Å²) in [6.07, 6.45) is 3.70. The van der Waals surface area contributed by atoms with Gasteiger partial charge in [0.25, 0.3) is 0 Å². The maximum Gasteiger partial charge on any atom is 0.317 e. The van der Waals surface area contributed by atoms with Crippen molar-refractivity contribution in [3.05, 3.63) is 59.7 Å². The van der Waals surface area contributed by atoms with Gasteiger partial charge >= 0.3 is 5.97 Å². The van der Waals surface area contributed by atoms with Crippen molar-refractivity contribution in [3.63, 3.8) is 0 Å². The van der Waals surface area contributed by atoms with Crippen LogP contribution in [0.25, 0.3) is 11.1 Å². The zero-order valence-electron chi connectivity index (χ0n) is 21.1. The van der Waals surface area contributed by atoms with Crippen molar-refractivity contribution in [3.8, 4) is 11.1 Å². The predicted octanol–water partition coefficient (Wildman–Crippen LogP) is 4.15. The lowest BCUT2D eigenvalue weighted by Gasteiger charge is -2.12. The molecule has 3 rings (SSSR count). The summed E-state index contributed by atoms with van der Waals surface area (Å²) in [6.45, 7) is 7.17. The number of benzene rings is 2. The number of thioether (sulfide) groups is 1. The summed E-state index contributed by atoms with van der Waals surface area (Å²) < 4.78 is 3.37. The summed E-state index contributed by atoms with van der Waals surface area (Å²) in [5.74, 6) is 1.51. The highest BCUT2D eigenvalue weighted by Gasteiger charge is 2.19. The summed E-state index contributed by atoms with van der Waals surface area (Å²) in [5.41, 5.74) is 5.17. The fourth-order valence-corrected chi connectivity index (χ4v) is 3.73. The predicted molar refractivity (Wildman–Crippen MR) is 150 cm³/mol. The molecule has 194 valence electrons. The van der Waals surface area contributed by atoms with Crippen LogP contribution in [0.1, 0.15) is 30.9 Å². The zero-order chi connectivity index (χ0) is 26.5. The highest BCUT2D eigenvalue weighted by molar-refractivity contribution is 7.98. The number of nitrogens with one attached hydrogen (secondary N) is 3. The smallest absolute Gasteiger partial charge is 0.317 e. The van der Waals surface area contributed by atoms with E-state index < -0.39 is 5.97 Å². The van der Waals surface area contributed by atoms with Gasteiger partial charge in [0.1, 0.15) is 6.79 Å². The Morgan fingerprint density at radius 3 is 2.34 bits per heavy atom. The maximum atomic E-state index is 11.2. The van der Waals surface area contributed by atoms with E-state index in [9.17, 15) is 9.59 Å². The number of rotatable bonds is 9. The minimum absolute atomic E-state index is 0.0417. The molecule has 0 spiro atoms. The molecule has 0 bridgehead atoms. The van der Waals surface area contributed by atoms with Gasteiger partial charge in [-0.25, -0.2) is 0 Å². The molecule has 35 heavy (non-hydrogen) atoms. The third-order valence-electron chi connectivity index (χ3n) is 4.76. The number of carboxylic acid groups (broad SMARTS) is 1. The fraction of sp³-hybridized carbons (Fsp3) is 0.423. The second kappa shape index (κ2) is 21.0. The van der Waals surface area contributed by atoms with E-state index in [4.69, 9.17) is 9.90 Å². The molecule has 1 fully saturated rings. The largest absolute Gasteiger partial charge is 0.480 e. The van der Waals surface area contributed by atoms with E-state index in [1.54, 1.807) is 19.0 Å². The van der Waals surface area contributed by atoms with Gasteiger partial charge in [-0.2, -0.15) is 11.8 Å². The van der Waals surface area contributed by atoms with Crippen LogP contribution < -0.4 is 15.4 Å². The molecule has 0 aliphatic carbocycles. The van der Waals surface area contributed by atoms with Crippen molar-refractivity contribution in [2.75, 3.05) is 32.1 Å². The number of aryl methyl sites for hydroxylation is 1. The van der Waals surface area contributed by atoms with Gasteiger partial charge in [0.15, 0.2) is 0 Å². The van der Waals surface area contributed by atoms with Crippen molar-refractivity contribution in [1.82, 2.24) is 15.4 Å². The Morgan fingerprint density at radius 1 is 1.20 bits per heavy atom. The zero-order valence-corrected chi connectivity index (χ0v) is 22.8. The number of aliphatic carboxylic acids is 1. The minimum atomic E-state index is -0.822. The Morgan fingerprint density at radius 2 is 1.86 bits per heavy atom. The van der Waals surface area contributed by atoms with E-state index in [0.29, 0.717) is 6.42 Å². The quantitative estimate of drug-likeness (QED) is 0.288. The maximum absolute atomic E-state index is 11.2. The molecule has 1 saturated heterocycles. The third-order valence-corrected chi connectivity index (χ3v) is 6.18. The molecule has 1 aliphatic rings. The van der Waals surface area contributed by atoms with Crippen LogP contribution in [0, 0.1) is 6.92 Å². The number of amides is 1. The molecule has 4 N–H and O–H groups in total. The average molecular weight is 522 g/mol. The van der Waals surface area contributed by atoms with Gasteiger partial charge in [0.05, 0.1) is 6.54 Å². The fourth-order valence-electron chi connectivity index (χ4n) is 2.96. The third kappa shape index (κ3) is 15.3. The van der Waals surface area contributed by atoms with Crippen LogP contribution in [0.4, 0.5) is 0 Å². The van der Waals surface area contributed by atoms with Crippen LogP contribution in [-0.4, -0.2) is 62.0 Å². The summed E-state index contributed by atoms with van der Waals surface area (Å²) in [7, 11) is 1.59. The summed E-state index contributed by atoms with van der Waals surface area (Å²) in [6, 6.07) is 17.4. The lowest BCUT2D eigenvalue weighted by atomic mass is 9.99. The number of hydrogen-bond donors (Lipinski definition) is 4. The van der Waals surface area contributed by atoms with E-state index in [2.05, 4.69) is 77.9 Å². The second-order valence-electron chi connectivity index (χ2n) is 7.46. The second-order valence-corrected chi connectivity index (χ2v) is 9.48. The minimum Gasteiger partial charge on any atom is -0.480 e. The van der Waals surface area contributed by atoms with E-state index >= 15 is 0 Å². The Labute approximate surface area is 218 Å². The van der Waals surface area contributed by atoms with E-state index in [0.717, 1.165) is 18.7 Å². The van der Waals surface area contributed by atoms with Gasteiger partial charge < -0.3 is 20.5 Å². The molecule has 1 unspecified atom stereocenters. The average Bonchev–Trinajstić information content (AvgIpc) is 3.30. The Balaban J connectivity index is 0.000000810. The highest BCUT2D eigenvalue weighted by Crippen LogP contribution is 2.25. The molecular weight excluding hydrogens is 482 g/mol. The first kappa shape index (κ1) is 32.7. The summed E-state index contributed by atoms with van der Waals surface area (Å²) in [4.78, 5) is 28.7. The van der Waals surface area contributed by atoms with Crippen LogP contribution in [0.15, 0.2) is 48.5 Å². The lowest BCUT2D eigenvalue weighted by molar-refractivity contribution is -0.135. The first-order valence-corrected chi connectivity index (χ1v) is 13.7. The van der Waals surface area contributed by atoms with Gasteiger partial charge in [-0.1, -0.05) is 67.4 Å². The van der Waals surface area contributed by atoms with E-state index in [-0.39, 0.29) is 18.5 Å². The van der Waals surface area contributed by atoms with E-state index in [1.807, 2.05) is 24.6 Å². The van der Waals surface area contributed by atoms with Gasteiger partial charge in [0, 0.05) is 24.8 Å². The van der Waals surface area contributed by atoms with Gasteiger partial charge in [-0.15, -0.1) is 0 Å². The number of carboxylic acids is 1. The SMILES string of the molecule is C=O.CCSC.CNCC(=O)O.Cc1ccc(CSNCC2CCC(=O)N2)cc1-c1ccccc1. The number of likely N-dealkylation sites (N-methyl/N-ethyl adjacent to an activating group) is 1. The van der Waals surface area contributed by atoms with Gasteiger partial charge in [-0.05, 0) is 54.7 Å². The molecule has 0 aromatic heterocycles. The van der Waals surface area contributed by atoms with Crippen molar-refractivity contribution in [1.29, 1.82) is 0 Å². The molecule has 1 atom stereocenters. The lowest BCUT2D eigenvalue weighted by Crippen LogP contribution is -2.33. The Hall–Kier alpha value is -2.33. The summed E-state index contributed by atoms with van der Waals surface area (Å²) >= 11 is 3.56. The molecule has 2 aromatic carbocycles. The molecular formula is C26H39N3O4S2. The van der Waals surface area contributed by atoms with Crippen molar-refractivity contribution in [2.45, 2.75) is 38.5 Å². The molecule has 9 heteroatoms. The molecule has 1 aliphatic heterocycles. The molecule has 1 heterocycles. The Kier molecular flexibility index (Phi) is 19.6. The molecule has 0 radical (unpaired) electrons. The van der Waals surface area contributed by atoms with Gasteiger partial charge in [-0.3, -0.25) is 14.3 Å². The van der Waals surface area contributed by atoms with E-state index in [1.165, 1.54) is 28.0 Å². The van der Waals surface area contributed by atoms with Crippen LogP contribution in [0.5, 0.6) is 0 Å². The monoisotopic (exact) mass is 521 g/mol. The standard InChI is InChI=1S/C19H22N2OS.C3H7NO2.C3H8S.CH2O/c1-14-7-8-15(11-18(14)16-5-3-2-4-6-16)13-23-20-12-17-9-10-19(22)21-17;1-4-2-3(5)6;1-3-4-2;1-2/h2-8,11,17,20H,9-10,12-13H2,1H3,(H,21,22);4H,2H2,1H3,(H,5,6);3H2,1-2H3;1H2. The molecule has 0 saturated carbocycles. The Bertz CT molecular complexity index is 852. The first-order valence-electron chi connectivity index (χ1n) is 11.3. The molecule has 1 amide bonds. The molecule has 2 aromatic rings. The number of carbonyl (C=O) groups excluding carboxylic acids is 2. The topological polar surface area (TPSA) is 108 Å². The highest BCUT2D eigenvalue weighted by atomic mass is 32.2. The molecule has 7 nitrogen and oxygen atoms in total. The van der Waals surface area contributed by atoms with Crippen molar-refractivity contribution in [2.24, 2.45) is 0 Å². The van der Waals surface area contributed by atoms with Crippen molar-refractivity contribution < 1.29 is 19.5 Å². The van der Waals surface area contributed by atoms with Crippen LogP contribution in [0.2, 0.25) is 0 Å². The van der Waals surface area contributed by atoms with Crippen molar-refractivity contribution >= 4 is 42.4 Å². The van der Waals surface area contributed by atoms with Crippen LogP contribution in [0.3, 0.4) is 0 Å².